The molecule has 0 saturated heterocycles. The van der Waals surface area contributed by atoms with E-state index in [2.05, 4.69) is 11.4 Å². The van der Waals surface area contributed by atoms with Crippen molar-refractivity contribution in [3.05, 3.63) is 77.1 Å². The Kier molecular flexibility index (Phi) is 4.53. The number of anilines is 1. The maximum atomic E-state index is 12.4. The Labute approximate surface area is 166 Å². The normalized spacial score (nSPS) is 15.2. The highest BCUT2D eigenvalue weighted by Gasteiger charge is 2.34. The van der Waals surface area contributed by atoms with Crippen LogP contribution in [-0.2, 0) is 4.79 Å². The molecule has 0 saturated carbocycles. The second-order valence-electron chi connectivity index (χ2n) is 6.71. The number of benzene rings is 2. The fraction of sp³-hybridized carbons (Fsp3) is 0.136. The van der Waals surface area contributed by atoms with Gasteiger partial charge >= 0.3 is 5.97 Å². The fourth-order valence-electron chi connectivity index (χ4n) is 3.65. The maximum Gasteiger partial charge on any atom is 0.339 e. The van der Waals surface area contributed by atoms with Crippen LogP contribution in [0.3, 0.4) is 0 Å². The number of carboxylic acids is 1. The standard InChI is InChI=1S/C22H17N3O4/c1-29-16-8-6-15(7-9-16)25-12-18(22(27)28)20-21(25)17(10-19(26)24-20)14-4-2-13(11-23)3-5-14/h2-9,12,17H,10H2,1H3,(H,24,26)(H,27,28). The molecule has 1 aliphatic heterocycles. The summed E-state index contributed by atoms with van der Waals surface area (Å²) in [6.07, 6.45) is 1.70. The molecule has 1 unspecified atom stereocenters. The van der Waals surface area contributed by atoms with Gasteiger partial charge in [-0.1, -0.05) is 12.1 Å². The van der Waals surface area contributed by atoms with E-state index in [1.807, 2.05) is 12.1 Å². The summed E-state index contributed by atoms with van der Waals surface area (Å²) in [5, 5.41) is 21.4. The molecule has 0 radical (unpaired) electrons. The number of nitrogens with one attached hydrogen (secondary N) is 1. The Balaban J connectivity index is 1.91. The number of nitrogens with zero attached hydrogens (tertiary/aromatic N) is 2. The van der Waals surface area contributed by atoms with E-state index < -0.39 is 5.97 Å². The van der Waals surface area contributed by atoms with Gasteiger partial charge in [0.15, 0.2) is 0 Å². The molecule has 1 amide bonds. The van der Waals surface area contributed by atoms with Gasteiger partial charge in [-0.15, -0.1) is 0 Å². The number of aromatic carboxylic acids is 1. The minimum absolute atomic E-state index is 0.0301. The van der Waals surface area contributed by atoms with Crippen molar-refractivity contribution in [2.75, 3.05) is 12.4 Å². The molecule has 7 heteroatoms. The highest BCUT2D eigenvalue weighted by molar-refractivity contribution is 6.04. The van der Waals surface area contributed by atoms with Crippen molar-refractivity contribution in [3.63, 3.8) is 0 Å². The molecule has 1 aliphatic rings. The Bertz CT molecular complexity index is 1140. The molecule has 144 valence electrons. The molecular weight excluding hydrogens is 370 g/mol. The Morgan fingerprint density at radius 2 is 1.90 bits per heavy atom. The number of ether oxygens (including phenoxy) is 1. The van der Waals surface area contributed by atoms with Gasteiger partial charge in [0.2, 0.25) is 5.91 Å². The fourth-order valence-corrected chi connectivity index (χ4v) is 3.65. The summed E-state index contributed by atoms with van der Waals surface area (Å²) in [5.41, 5.74) is 3.14. The van der Waals surface area contributed by atoms with Gasteiger partial charge in [-0.05, 0) is 42.0 Å². The smallest absolute Gasteiger partial charge is 0.339 e. The van der Waals surface area contributed by atoms with E-state index in [9.17, 15) is 14.7 Å². The molecule has 7 nitrogen and oxygen atoms in total. The quantitative estimate of drug-likeness (QED) is 0.713. The summed E-state index contributed by atoms with van der Waals surface area (Å²) < 4.78 is 6.99. The lowest BCUT2D eigenvalue weighted by molar-refractivity contribution is -0.116. The largest absolute Gasteiger partial charge is 0.497 e. The minimum atomic E-state index is -1.12. The number of carbonyl (C=O) groups is 2. The lowest BCUT2D eigenvalue weighted by Gasteiger charge is -2.26. The van der Waals surface area contributed by atoms with E-state index >= 15 is 0 Å². The molecule has 0 fully saturated rings. The number of carbonyl (C=O) groups excluding carboxylic acids is 1. The zero-order chi connectivity index (χ0) is 20.5. The molecule has 2 aromatic carbocycles. The van der Waals surface area contributed by atoms with Crippen molar-refractivity contribution in [1.29, 1.82) is 5.26 Å². The summed E-state index contributed by atoms with van der Waals surface area (Å²) in [5.74, 6) is -1.02. The molecule has 0 spiro atoms. The van der Waals surface area contributed by atoms with Crippen LogP contribution >= 0.6 is 0 Å². The van der Waals surface area contributed by atoms with Crippen molar-refractivity contribution >= 4 is 17.6 Å². The van der Waals surface area contributed by atoms with E-state index in [1.165, 1.54) is 6.20 Å². The second-order valence-corrected chi connectivity index (χ2v) is 6.71. The van der Waals surface area contributed by atoms with Crippen LogP contribution < -0.4 is 10.1 Å². The Hall–Kier alpha value is -4.05. The monoisotopic (exact) mass is 387 g/mol. The number of fused-ring (bicyclic) bond motifs is 1. The highest BCUT2D eigenvalue weighted by atomic mass is 16.5. The van der Waals surface area contributed by atoms with Crippen LogP contribution in [0.15, 0.2) is 54.7 Å². The summed E-state index contributed by atoms with van der Waals surface area (Å²) in [6.45, 7) is 0. The molecule has 29 heavy (non-hydrogen) atoms. The number of hydrogen-bond acceptors (Lipinski definition) is 4. The summed E-state index contributed by atoms with van der Waals surface area (Å²) >= 11 is 0. The highest BCUT2D eigenvalue weighted by Crippen LogP contribution is 2.41. The van der Waals surface area contributed by atoms with Gasteiger partial charge in [0.1, 0.15) is 11.3 Å². The summed E-state index contributed by atoms with van der Waals surface area (Å²) in [7, 11) is 1.57. The second kappa shape index (κ2) is 7.17. The first-order valence-corrected chi connectivity index (χ1v) is 8.94. The van der Waals surface area contributed by atoms with Crippen molar-refractivity contribution in [3.8, 4) is 17.5 Å². The molecule has 0 bridgehead atoms. The maximum absolute atomic E-state index is 12.4. The Morgan fingerprint density at radius 1 is 1.21 bits per heavy atom. The lowest BCUT2D eigenvalue weighted by Crippen LogP contribution is -2.25. The van der Waals surface area contributed by atoms with Gasteiger partial charge in [-0.2, -0.15) is 5.26 Å². The number of aromatic nitrogens is 1. The first-order chi connectivity index (χ1) is 14.0. The molecule has 1 aromatic heterocycles. The average Bonchev–Trinajstić information content (AvgIpc) is 3.13. The zero-order valence-corrected chi connectivity index (χ0v) is 15.5. The van der Waals surface area contributed by atoms with Crippen molar-refractivity contribution in [1.82, 2.24) is 4.57 Å². The third-order valence-electron chi connectivity index (χ3n) is 5.05. The minimum Gasteiger partial charge on any atom is -0.497 e. The topological polar surface area (TPSA) is 104 Å². The predicted molar refractivity (Wildman–Crippen MR) is 106 cm³/mol. The van der Waals surface area contributed by atoms with Gasteiger partial charge in [-0.3, -0.25) is 4.79 Å². The summed E-state index contributed by atoms with van der Waals surface area (Å²) in [4.78, 5) is 24.2. The number of rotatable bonds is 4. The number of nitriles is 1. The molecule has 4 rings (SSSR count). The van der Waals surface area contributed by atoms with Crippen LogP contribution in [0, 0.1) is 11.3 Å². The van der Waals surface area contributed by atoms with Gasteiger partial charge in [0.25, 0.3) is 0 Å². The van der Waals surface area contributed by atoms with Crippen molar-refractivity contribution < 1.29 is 19.4 Å². The molecule has 3 aromatic rings. The SMILES string of the molecule is COc1ccc(-n2cc(C(=O)O)c3c2C(c2ccc(C#N)cc2)CC(=O)N3)cc1. The van der Waals surface area contributed by atoms with Crippen LogP contribution in [0.25, 0.3) is 5.69 Å². The first kappa shape index (κ1) is 18.3. The average molecular weight is 387 g/mol. The third-order valence-corrected chi connectivity index (χ3v) is 5.05. The van der Waals surface area contributed by atoms with E-state index in [-0.39, 0.29) is 23.8 Å². The van der Waals surface area contributed by atoms with Crippen LogP contribution in [0.1, 0.15) is 39.5 Å². The molecule has 2 N–H and O–H groups in total. The van der Waals surface area contributed by atoms with Crippen LogP contribution in [0.5, 0.6) is 5.75 Å². The van der Waals surface area contributed by atoms with Crippen LogP contribution in [-0.4, -0.2) is 28.7 Å². The summed E-state index contributed by atoms with van der Waals surface area (Å²) in [6, 6.07) is 16.3. The van der Waals surface area contributed by atoms with Crippen molar-refractivity contribution in [2.45, 2.75) is 12.3 Å². The molecular formula is C22H17N3O4. The number of hydrogen-bond donors (Lipinski definition) is 2. The predicted octanol–water partition coefficient (Wildman–Crippen LogP) is 3.53. The molecule has 0 aliphatic carbocycles. The van der Waals surface area contributed by atoms with Gasteiger partial charge in [0.05, 0.1) is 30.1 Å². The molecule has 1 atom stereocenters. The number of carboxylic acid groups (broad SMARTS) is 1. The van der Waals surface area contributed by atoms with E-state index in [1.54, 1.807) is 48.1 Å². The first-order valence-electron chi connectivity index (χ1n) is 8.94. The van der Waals surface area contributed by atoms with Crippen molar-refractivity contribution in [2.24, 2.45) is 0 Å². The van der Waals surface area contributed by atoms with Gasteiger partial charge in [-0.25, -0.2) is 4.79 Å². The number of methoxy groups -OCH3 is 1. The zero-order valence-electron chi connectivity index (χ0n) is 15.5. The van der Waals surface area contributed by atoms with Crippen LogP contribution in [0.4, 0.5) is 5.69 Å². The van der Waals surface area contributed by atoms with Gasteiger partial charge in [0, 0.05) is 24.2 Å². The van der Waals surface area contributed by atoms with Crippen LogP contribution in [0.2, 0.25) is 0 Å². The number of amides is 1. The molecule has 2 heterocycles. The Morgan fingerprint density at radius 3 is 2.48 bits per heavy atom. The van der Waals surface area contributed by atoms with E-state index in [4.69, 9.17) is 10.00 Å². The van der Waals surface area contributed by atoms with Gasteiger partial charge < -0.3 is 19.7 Å². The third kappa shape index (κ3) is 3.21. The van der Waals surface area contributed by atoms with E-state index in [0.717, 1.165) is 11.3 Å². The van der Waals surface area contributed by atoms with E-state index in [0.29, 0.717) is 22.7 Å². The lowest BCUT2D eigenvalue weighted by atomic mass is 9.88.